The fourth-order valence-electron chi connectivity index (χ4n) is 3.11. The Hall–Kier alpha value is -3.25. The molecule has 2 aromatic carbocycles. The first-order chi connectivity index (χ1) is 16.0. The maximum absolute atomic E-state index is 13.1. The molecule has 7 nitrogen and oxygen atoms in total. The number of thiocarbonyl (C=S) groups is 1. The van der Waals surface area contributed by atoms with Gasteiger partial charge in [-0.1, -0.05) is 36.1 Å². The predicted octanol–water partition coefficient (Wildman–Crippen LogP) is 4.66. The van der Waals surface area contributed by atoms with Crippen molar-refractivity contribution in [1.82, 2.24) is 4.90 Å². The second-order valence-corrected chi connectivity index (χ2v) is 8.62. The molecule has 0 unspecified atom stereocenters. The highest BCUT2D eigenvalue weighted by Gasteiger charge is 2.34. The summed E-state index contributed by atoms with van der Waals surface area (Å²) < 4.78 is 49.7. The number of methoxy groups -OCH3 is 2. The van der Waals surface area contributed by atoms with E-state index in [9.17, 15) is 27.9 Å². The van der Waals surface area contributed by atoms with Gasteiger partial charge in [0.1, 0.15) is 4.32 Å². The van der Waals surface area contributed by atoms with Crippen molar-refractivity contribution in [3.8, 4) is 17.2 Å². The average molecular weight is 513 g/mol. The standard InChI is InChI=1S/C22H19F3N2O5S2/c1-31-15-9-12(10-16(32-2)19(15)29)11-17-20(30)27(21(33)34-17)8-7-18(28)26-14-6-4-3-5-13(14)22(23,24)25/h3-6,9-11,29H,7-8H2,1-2H3,(H,26,28)/b17-11-. The molecule has 0 aromatic heterocycles. The van der Waals surface area contributed by atoms with Gasteiger partial charge in [-0.25, -0.2) is 0 Å². The number of amides is 2. The zero-order valence-electron chi connectivity index (χ0n) is 17.9. The van der Waals surface area contributed by atoms with Gasteiger partial charge in [0.15, 0.2) is 11.5 Å². The normalized spacial score (nSPS) is 15.1. The lowest BCUT2D eigenvalue weighted by molar-refractivity contribution is -0.137. The van der Waals surface area contributed by atoms with Crippen LogP contribution in [0.3, 0.4) is 0 Å². The van der Waals surface area contributed by atoms with Crippen LogP contribution in [-0.2, 0) is 15.8 Å². The molecule has 0 atom stereocenters. The summed E-state index contributed by atoms with van der Waals surface area (Å²) in [5, 5.41) is 12.3. The number of carbonyl (C=O) groups excluding carboxylic acids is 2. The number of rotatable bonds is 7. The molecule has 1 aliphatic rings. The molecule has 2 N–H and O–H groups in total. The number of carbonyl (C=O) groups is 2. The van der Waals surface area contributed by atoms with E-state index < -0.39 is 23.6 Å². The van der Waals surface area contributed by atoms with Gasteiger partial charge in [-0.05, 0) is 35.9 Å². The third-order valence-electron chi connectivity index (χ3n) is 4.74. The Morgan fingerprint density at radius 2 is 1.82 bits per heavy atom. The van der Waals surface area contributed by atoms with E-state index in [1.807, 2.05) is 0 Å². The van der Waals surface area contributed by atoms with Crippen molar-refractivity contribution in [3.63, 3.8) is 0 Å². The quantitative estimate of drug-likeness (QED) is 0.412. The van der Waals surface area contributed by atoms with Crippen LogP contribution in [0.2, 0.25) is 0 Å². The van der Waals surface area contributed by atoms with Crippen LogP contribution in [0.1, 0.15) is 17.5 Å². The summed E-state index contributed by atoms with van der Waals surface area (Å²) >= 11 is 6.25. The van der Waals surface area contributed by atoms with Crippen LogP contribution in [0.5, 0.6) is 17.2 Å². The zero-order valence-corrected chi connectivity index (χ0v) is 19.6. The van der Waals surface area contributed by atoms with Crippen LogP contribution in [0, 0.1) is 0 Å². The summed E-state index contributed by atoms with van der Waals surface area (Å²) in [5.74, 6) is -1.03. The molecule has 0 spiro atoms. The fraction of sp³-hybridized carbons (Fsp3) is 0.227. The van der Waals surface area contributed by atoms with Crippen molar-refractivity contribution in [1.29, 1.82) is 0 Å². The van der Waals surface area contributed by atoms with E-state index in [2.05, 4.69) is 5.32 Å². The molecule has 12 heteroatoms. The van der Waals surface area contributed by atoms with Crippen molar-refractivity contribution in [2.75, 3.05) is 26.1 Å². The van der Waals surface area contributed by atoms with Gasteiger partial charge in [-0.15, -0.1) is 0 Å². The number of nitrogens with one attached hydrogen (secondary N) is 1. The van der Waals surface area contributed by atoms with Crippen molar-refractivity contribution < 1.29 is 37.3 Å². The molecule has 3 rings (SSSR count). The van der Waals surface area contributed by atoms with Gasteiger partial charge >= 0.3 is 6.18 Å². The lowest BCUT2D eigenvalue weighted by Crippen LogP contribution is -2.31. The molecule has 1 heterocycles. The maximum Gasteiger partial charge on any atom is 0.418 e. The Kier molecular flexibility index (Phi) is 7.72. The minimum Gasteiger partial charge on any atom is -0.502 e. The van der Waals surface area contributed by atoms with E-state index in [1.54, 1.807) is 0 Å². The van der Waals surface area contributed by atoms with Gasteiger partial charge in [-0.2, -0.15) is 13.2 Å². The largest absolute Gasteiger partial charge is 0.502 e. The van der Waals surface area contributed by atoms with E-state index in [4.69, 9.17) is 21.7 Å². The molecule has 1 fully saturated rings. The predicted molar refractivity (Wildman–Crippen MR) is 126 cm³/mol. The van der Waals surface area contributed by atoms with Gasteiger partial charge in [0.05, 0.1) is 30.4 Å². The van der Waals surface area contributed by atoms with Crippen LogP contribution in [0.25, 0.3) is 6.08 Å². The molecule has 0 saturated carbocycles. The minimum absolute atomic E-state index is 0.107. The third-order valence-corrected chi connectivity index (χ3v) is 6.12. The topological polar surface area (TPSA) is 88.1 Å². The van der Waals surface area contributed by atoms with Gasteiger partial charge < -0.3 is 19.9 Å². The number of phenolic OH excluding ortho intramolecular Hbond substituents is 1. The number of hydrogen-bond donors (Lipinski definition) is 2. The Morgan fingerprint density at radius 3 is 2.41 bits per heavy atom. The van der Waals surface area contributed by atoms with Crippen molar-refractivity contribution >= 4 is 51.9 Å². The molecule has 1 saturated heterocycles. The lowest BCUT2D eigenvalue weighted by atomic mass is 10.1. The van der Waals surface area contributed by atoms with Crippen LogP contribution in [-0.4, -0.2) is 46.9 Å². The van der Waals surface area contributed by atoms with Gasteiger partial charge in [0, 0.05) is 13.0 Å². The first kappa shape index (κ1) is 25.4. The number of benzene rings is 2. The molecule has 2 amide bonds. The highest BCUT2D eigenvalue weighted by atomic mass is 32.2. The van der Waals surface area contributed by atoms with Crippen LogP contribution >= 0.6 is 24.0 Å². The number of alkyl halides is 3. The van der Waals surface area contributed by atoms with Crippen molar-refractivity contribution in [2.24, 2.45) is 0 Å². The Labute approximate surface area is 202 Å². The number of para-hydroxylation sites is 1. The summed E-state index contributed by atoms with van der Waals surface area (Å²) in [6, 6.07) is 7.65. The van der Waals surface area contributed by atoms with Gasteiger partial charge in [0.25, 0.3) is 5.91 Å². The Morgan fingerprint density at radius 1 is 1.21 bits per heavy atom. The molecule has 0 radical (unpaired) electrons. The average Bonchev–Trinajstić information content (AvgIpc) is 3.05. The highest BCUT2D eigenvalue weighted by molar-refractivity contribution is 8.26. The molecule has 180 valence electrons. The van der Waals surface area contributed by atoms with Crippen molar-refractivity contribution in [2.45, 2.75) is 12.6 Å². The SMILES string of the molecule is COc1cc(/C=C2\SC(=S)N(CCC(=O)Nc3ccccc3C(F)(F)F)C2=O)cc(OC)c1O. The van der Waals surface area contributed by atoms with Gasteiger partial charge in [-0.3, -0.25) is 14.5 Å². The van der Waals surface area contributed by atoms with E-state index >= 15 is 0 Å². The number of thioether (sulfide) groups is 1. The summed E-state index contributed by atoms with van der Waals surface area (Å²) in [7, 11) is 2.74. The molecular formula is C22H19F3N2O5S2. The fourth-order valence-corrected chi connectivity index (χ4v) is 4.42. The van der Waals surface area contributed by atoms with E-state index in [0.717, 1.165) is 23.9 Å². The highest BCUT2D eigenvalue weighted by Crippen LogP contribution is 2.39. The summed E-state index contributed by atoms with van der Waals surface area (Å²) in [6.45, 7) is -0.107. The summed E-state index contributed by atoms with van der Waals surface area (Å²) in [6.07, 6.45) is -3.34. The summed E-state index contributed by atoms with van der Waals surface area (Å²) in [5.41, 5.74) is -0.814. The van der Waals surface area contributed by atoms with Crippen LogP contribution in [0.4, 0.5) is 18.9 Å². The lowest BCUT2D eigenvalue weighted by Gasteiger charge is -2.16. The molecule has 2 aromatic rings. The van der Waals surface area contributed by atoms with Crippen LogP contribution < -0.4 is 14.8 Å². The van der Waals surface area contributed by atoms with Crippen molar-refractivity contribution in [3.05, 3.63) is 52.4 Å². The number of halogens is 3. The van der Waals surface area contributed by atoms with Gasteiger partial charge in [0.2, 0.25) is 11.7 Å². The molecule has 0 aliphatic carbocycles. The second kappa shape index (κ2) is 10.3. The second-order valence-electron chi connectivity index (χ2n) is 6.95. The third kappa shape index (κ3) is 5.62. The molecule has 34 heavy (non-hydrogen) atoms. The minimum atomic E-state index is -4.62. The van der Waals surface area contributed by atoms with Crippen LogP contribution in [0.15, 0.2) is 41.3 Å². The zero-order chi connectivity index (χ0) is 25.0. The smallest absolute Gasteiger partial charge is 0.418 e. The number of aromatic hydroxyl groups is 1. The number of nitrogens with zero attached hydrogens (tertiary/aromatic N) is 1. The van der Waals surface area contributed by atoms with E-state index in [0.29, 0.717) is 5.56 Å². The first-order valence-corrected chi connectivity index (χ1v) is 10.9. The maximum atomic E-state index is 13.1. The molecule has 0 bridgehead atoms. The number of anilines is 1. The molecular weight excluding hydrogens is 493 g/mol. The first-order valence-electron chi connectivity index (χ1n) is 9.71. The number of hydrogen-bond acceptors (Lipinski definition) is 7. The number of ether oxygens (including phenoxy) is 2. The number of phenols is 1. The Balaban J connectivity index is 1.70. The molecule has 1 aliphatic heterocycles. The van der Waals surface area contributed by atoms with E-state index in [1.165, 1.54) is 49.5 Å². The summed E-state index contributed by atoms with van der Waals surface area (Å²) in [4.78, 5) is 26.6. The Bertz CT molecular complexity index is 1140. The van der Waals surface area contributed by atoms with E-state index in [-0.39, 0.29) is 45.1 Å². The monoisotopic (exact) mass is 512 g/mol.